The van der Waals surface area contributed by atoms with Gasteiger partial charge in [0.1, 0.15) is 5.92 Å². The van der Waals surface area contributed by atoms with Gasteiger partial charge in [0.2, 0.25) is 5.91 Å². The highest BCUT2D eigenvalue weighted by atomic mass is 16.5. The van der Waals surface area contributed by atoms with E-state index in [1.54, 1.807) is 6.92 Å². The zero-order valence-corrected chi connectivity index (χ0v) is 10.0. The SMILES string of the molecule is CCC(C#N)C(=O)N1CCOCC1C(=O)OC. The molecule has 0 spiro atoms. The van der Waals surface area contributed by atoms with E-state index in [-0.39, 0.29) is 12.5 Å². The standard InChI is InChI=1S/C11H16N2O4/c1-3-8(6-12)10(14)13-4-5-17-7-9(13)11(15)16-2/h8-9H,3-5,7H2,1-2H3. The Balaban J connectivity index is 2.81. The summed E-state index contributed by atoms with van der Waals surface area (Å²) in [4.78, 5) is 24.9. The van der Waals surface area contributed by atoms with Crippen LogP contribution in [-0.2, 0) is 19.1 Å². The van der Waals surface area contributed by atoms with Crippen molar-refractivity contribution in [2.45, 2.75) is 19.4 Å². The molecule has 0 bridgehead atoms. The van der Waals surface area contributed by atoms with E-state index >= 15 is 0 Å². The quantitative estimate of drug-likeness (QED) is 0.645. The van der Waals surface area contributed by atoms with Crippen LogP contribution in [0.25, 0.3) is 0 Å². The van der Waals surface area contributed by atoms with Crippen LogP contribution in [0.4, 0.5) is 0 Å². The van der Waals surface area contributed by atoms with Crippen molar-refractivity contribution >= 4 is 11.9 Å². The van der Waals surface area contributed by atoms with Gasteiger partial charge in [-0.1, -0.05) is 6.92 Å². The largest absolute Gasteiger partial charge is 0.467 e. The summed E-state index contributed by atoms with van der Waals surface area (Å²) in [7, 11) is 1.27. The van der Waals surface area contributed by atoms with E-state index < -0.39 is 17.9 Å². The monoisotopic (exact) mass is 240 g/mol. The lowest BCUT2D eigenvalue weighted by atomic mass is 10.1. The third-order valence-corrected chi connectivity index (χ3v) is 2.75. The summed E-state index contributed by atoms with van der Waals surface area (Å²) in [6.07, 6.45) is 0.431. The average Bonchev–Trinajstić information content (AvgIpc) is 2.39. The van der Waals surface area contributed by atoms with Crippen molar-refractivity contribution in [2.75, 3.05) is 26.9 Å². The van der Waals surface area contributed by atoms with E-state index in [4.69, 9.17) is 10.00 Å². The Bertz CT molecular complexity index is 337. The van der Waals surface area contributed by atoms with Gasteiger partial charge in [0.25, 0.3) is 0 Å². The summed E-state index contributed by atoms with van der Waals surface area (Å²) in [5, 5.41) is 8.86. The molecule has 1 aliphatic rings. The molecule has 0 N–H and O–H groups in total. The molecule has 0 saturated carbocycles. The van der Waals surface area contributed by atoms with Gasteiger partial charge in [-0.05, 0) is 6.42 Å². The second kappa shape index (κ2) is 6.21. The summed E-state index contributed by atoms with van der Waals surface area (Å²) >= 11 is 0. The van der Waals surface area contributed by atoms with Gasteiger partial charge in [-0.2, -0.15) is 5.26 Å². The minimum atomic E-state index is -0.733. The molecule has 6 nitrogen and oxygen atoms in total. The van der Waals surface area contributed by atoms with Crippen LogP contribution in [0.5, 0.6) is 0 Å². The number of esters is 1. The third-order valence-electron chi connectivity index (χ3n) is 2.75. The maximum atomic E-state index is 12.0. The molecule has 0 radical (unpaired) electrons. The first-order chi connectivity index (χ1) is 8.15. The molecular formula is C11H16N2O4. The van der Waals surface area contributed by atoms with Crippen molar-refractivity contribution in [1.29, 1.82) is 5.26 Å². The van der Waals surface area contributed by atoms with Crippen LogP contribution in [-0.4, -0.2) is 49.7 Å². The van der Waals surface area contributed by atoms with Gasteiger partial charge in [0.05, 0.1) is 26.4 Å². The first kappa shape index (κ1) is 13.5. The summed E-state index contributed by atoms with van der Waals surface area (Å²) in [5.41, 5.74) is 0. The average molecular weight is 240 g/mol. The van der Waals surface area contributed by atoms with Crippen LogP contribution in [0, 0.1) is 17.2 Å². The molecular weight excluding hydrogens is 224 g/mol. The Morgan fingerprint density at radius 1 is 1.65 bits per heavy atom. The summed E-state index contributed by atoms with van der Waals surface area (Å²) in [6, 6.07) is 1.21. The normalized spacial score (nSPS) is 21.5. The predicted octanol–water partition coefficient (Wildman–Crippen LogP) is -0.0634. The van der Waals surface area contributed by atoms with Crippen LogP contribution in [0.15, 0.2) is 0 Å². The molecule has 1 aliphatic heterocycles. The molecule has 1 amide bonds. The number of morpholine rings is 1. The van der Waals surface area contributed by atoms with Crippen LogP contribution >= 0.6 is 0 Å². The molecule has 1 saturated heterocycles. The molecule has 0 aliphatic carbocycles. The maximum Gasteiger partial charge on any atom is 0.331 e. The molecule has 1 rings (SSSR count). The lowest BCUT2D eigenvalue weighted by Crippen LogP contribution is -2.54. The van der Waals surface area contributed by atoms with Crippen molar-refractivity contribution in [3.05, 3.63) is 0 Å². The molecule has 0 aromatic heterocycles. The first-order valence-corrected chi connectivity index (χ1v) is 5.51. The number of hydrogen-bond donors (Lipinski definition) is 0. The van der Waals surface area contributed by atoms with Gasteiger partial charge in [0.15, 0.2) is 6.04 Å². The lowest BCUT2D eigenvalue weighted by molar-refractivity contribution is -0.161. The topological polar surface area (TPSA) is 79.6 Å². The van der Waals surface area contributed by atoms with E-state index in [0.717, 1.165) is 0 Å². The minimum absolute atomic E-state index is 0.125. The Kier molecular flexibility index (Phi) is 4.91. The second-order valence-corrected chi connectivity index (χ2v) is 3.74. The van der Waals surface area contributed by atoms with E-state index in [9.17, 15) is 9.59 Å². The summed E-state index contributed by atoms with van der Waals surface area (Å²) in [5.74, 6) is -1.54. The highest BCUT2D eigenvalue weighted by Crippen LogP contribution is 2.14. The predicted molar refractivity (Wildman–Crippen MR) is 57.7 cm³/mol. The zero-order chi connectivity index (χ0) is 12.8. The number of nitrogens with zero attached hydrogens (tertiary/aromatic N) is 2. The molecule has 6 heteroatoms. The van der Waals surface area contributed by atoms with Crippen LogP contribution in [0.2, 0.25) is 0 Å². The smallest absolute Gasteiger partial charge is 0.331 e. The van der Waals surface area contributed by atoms with E-state index in [0.29, 0.717) is 19.6 Å². The summed E-state index contributed by atoms with van der Waals surface area (Å²) in [6.45, 7) is 2.58. The van der Waals surface area contributed by atoms with Crippen molar-refractivity contribution < 1.29 is 19.1 Å². The maximum absolute atomic E-state index is 12.0. The van der Waals surface area contributed by atoms with E-state index in [1.807, 2.05) is 6.07 Å². The van der Waals surface area contributed by atoms with Crippen molar-refractivity contribution in [3.63, 3.8) is 0 Å². The fourth-order valence-corrected chi connectivity index (χ4v) is 1.72. The highest BCUT2D eigenvalue weighted by Gasteiger charge is 2.36. The van der Waals surface area contributed by atoms with Gasteiger partial charge < -0.3 is 14.4 Å². The van der Waals surface area contributed by atoms with Crippen LogP contribution in [0.1, 0.15) is 13.3 Å². The first-order valence-electron chi connectivity index (χ1n) is 5.51. The van der Waals surface area contributed by atoms with Gasteiger partial charge in [0, 0.05) is 6.54 Å². The van der Waals surface area contributed by atoms with E-state index in [2.05, 4.69) is 4.74 Å². The van der Waals surface area contributed by atoms with E-state index in [1.165, 1.54) is 12.0 Å². The number of hydrogen-bond acceptors (Lipinski definition) is 5. The fraction of sp³-hybridized carbons (Fsp3) is 0.727. The Morgan fingerprint density at radius 2 is 2.35 bits per heavy atom. The zero-order valence-electron chi connectivity index (χ0n) is 10.0. The van der Waals surface area contributed by atoms with Crippen molar-refractivity contribution in [3.8, 4) is 6.07 Å². The van der Waals surface area contributed by atoms with Crippen LogP contribution in [0.3, 0.4) is 0 Å². The Hall–Kier alpha value is -1.61. The molecule has 0 aromatic rings. The molecule has 0 aromatic carbocycles. The van der Waals surface area contributed by atoms with Gasteiger partial charge in [-0.3, -0.25) is 4.79 Å². The van der Waals surface area contributed by atoms with Crippen molar-refractivity contribution in [1.82, 2.24) is 4.90 Å². The summed E-state index contributed by atoms with van der Waals surface area (Å²) < 4.78 is 9.78. The Morgan fingerprint density at radius 3 is 2.88 bits per heavy atom. The number of methoxy groups -OCH3 is 1. The number of carbonyl (C=O) groups is 2. The number of carbonyl (C=O) groups excluding carboxylic acids is 2. The number of amides is 1. The molecule has 17 heavy (non-hydrogen) atoms. The number of ether oxygens (including phenoxy) is 2. The molecule has 94 valence electrons. The fourth-order valence-electron chi connectivity index (χ4n) is 1.72. The van der Waals surface area contributed by atoms with Crippen molar-refractivity contribution in [2.24, 2.45) is 5.92 Å². The molecule has 1 heterocycles. The minimum Gasteiger partial charge on any atom is -0.467 e. The third kappa shape index (κ3) is 2.94. The number of nitriles is 1. The number of rotatable bonds is 3. The molecule has 2 atom stereocenters. The molecule has 2 unspecified atom stereocenters. The lowest BCUT2D eigenvalue weighted by Gasteiger charge is -2.34. The van der Waals surface area contributed by atoms with Crippen LogP contribution < -0.4 is 0 Å². The van der Waals surface area contributed by atoms with Gasteiger partial charge in [-0.25, -0.2) is 4.79 Å². The Labute approximate surface area is 100 Å². The van der Waals surface area contributed by atoms with Gasteiger partial charge >= 0.3 is 5.97 Å². The highest BCUT2D eigenvalue weighted by molar-refractivity contribution is 5.87. The van der Waals surface area contributed by atoms with Gasteiger partial charge in [-0.15, -0.1) is 0 Å². The second-order valence-electron chi connectivity index (χ2n) is 3.74. The molecule has 1 fully saturated rings.